The summed E-state index contributed by atoms with van der Waals surface area (Å²) in [4.78, 5) is 41.8. The molecule has 1 aromatic heterocycles. The van der Waals surface area contributed by atoms with Crippen molar-refractivity contribution in [2.24, 2.45) is 0 Å². The zero-order valence-electron chi connectivity index (χ0n) is 15.4. The number of carbonyl (C=O) groups excluding carboxylic acids is 3. The molecule has 8 heteroatoms. The van der Waals surface area contributed by atoms with Crippen molar-refractivity contribution in [3.63, 3.8) is 0 Å². The molecule has 3 rings (SSSR count). The minimum atomic E-state index is -1.31. The van der Waals surface area contributed by atoms with E-state index in [1.54, 1.807) is 42.2 Å². The average molecular weight is 418 g/mol. The highest BCUT2D eigenvalue weighted by Crippen LogP contribution is 2.33. The van der Waals surface area contributed by atoms with E-state index in [1.165, 1.54) is 11.3 Å². The molecule has 1 N–H and O–H groups in total. The van der Waals surface area contributed by atoms with Crippen LogP contribution in [0.2, 0.25) is 5.02 Å². The molecule has 0 aliphatic carbocycles. The molecule has 0 radical (unpaired) electrons. The SMILES string of the molecule is C=CCN(Cc1cccs1)C(=O)CN1C(=O)N[C@](C)(c2ccccc2Cl)C1=O. The number of rotatable bonds is 7. The first kappa shape index (κ1) is 20.1. The first-order valence-electron chi connectivity index (χ1n) is 8.67. The van der Waals surface area contributed by atoms with Crippen molar-refractivity contribution >= 4 is 40.8 Å². The number of nitrogens with zero attached hydrogens (tertiary/aromatic N) is 2. The number of thiophene rings is 1. The van der Waals surface area contributed by atoms with Crippen LogP contribution in [-0.4, -0.2) is 40.7 Å². The number of nitrogens with one attached hydrogen (secondary N) is 1. The zero-order chi connectivity index (χ0) is 20.3. The predicted octanol–water partition coefficient (Wildman–Crippen LogP) is 3.38. The largest absolute Gasteiger partial charge is 0.332 e. The standard InChI is InChI=1S/C20H20ClN3O3S/c1-3-10-23(12-14-7-6-11-28-14)17(25)13-24-18(26)20(2,22-19(24)27)15-8-4-5-9-16(15)21/h3-9,11H,1,10,12-13H2,2H3,(H,22,27)/t20-/m1/s1. The van der Waals surface area contributed by atoms with Crippen LogP contribution in [0.15, 0.2) is 54.4 Å². The van der Waals surface area contributed by atoms with Crippen LogP contribution in [-0.2, 0) is 21.7 Å². The molecule has 146 valence electrons. The summed E-state index contributed by atoms with van der Waals surface area (Å²) < 4.78 is 0. The molecular weight excluding hydrogens is 398 g/mol. The van der Waals surface area contributed by atoms with E-state index in [0.717, 1.165) is 9.78 Å². The second-order valence-corrected chi connectivity index (χ2v) is 8.01. The van der Waals surface area contributed by atoms with Gasteiger partial charge in [-0.2, -0.15) is 0 Å². The summed E-state index contributed by atoms with van der Waals surface area (Å²) in [5.41, 5.74) is -0.821. The second kappa shape index (κ2) is 8.16. The molecule has 1 saturated heterocycles. The smallest absolute Gasteiger partial charge is 0.325 e. The summed E-state index contributed by atoms with van der Waals surface area (Å²) in [6, 6.07) is 10.0. The van der Waals surface area contributed by atoms with Crippen molar-refractivity contribution in [1.82, 2.24) is 15.1 Å². The predicted molar refractivity (Wildman–Crippen MR) is 109 cm³/mol. The van der Waals surface area contributed by atoms with Crippen LogP contribution in [0.5, 0.6) is 0 Å². The molecule has 1 fully saturated rings. The Morgan fingerprint density at radius 2 is 2.07 bits per heavy atom. The van der Waals surface area contributed by atoms with Gasteiger partial charge in [-0.3, -0.25) is 14.5 Å². The normalized spacial score (nSPS) is 18.9. The Hall–Kier alpha value is -2.64. The number of amides is 4. The van der Waals surface area contributed by atoms with Gasteiger partial charge in [-0.05, 0) is 24.4 Å². The van der Waals surface area contributed by atoms with E-state index in [4.69, 9.17) is 11.6 Å². The molecule has 1 aromatic carbocycles. The van der Waals surface area contributed by atoms with Crippen molar-refractivity contribution in [2.45, 2.75) is 19.0 Å². The van der Waals surface area contributed by atoms with Gasteiger partial charge in [-0.1, -0.05) is 41.9 Å². The lowest BCUT2D eigenvalue weighted by Crippen LogP contribution is -2.44. The van der Waals surface area contributed by atoms with E-state index in [-0.39, 0.29) is 12.5 Å². The second-order valence-electron chi connectivity index (χ2n) is 6.57. The molecule has 0 bridgehead atoms. The van der Waals surface area contributed by atoms with Crippen LogP contribution in [0.4, 0.5) is 4.79 Å². The van der Waals surface area contributed by atoms with Crippen LogP contribution in [0, 0.1) is 0 Å². The Morgan fingerprint density at radius 1 is 1.32 bits per heavy atom. The molecular formula is C20H20ClN3O3S. The number of imide groups is 1. The van der Waals surface area contributed by atoms with Crippen molar-refractivity contribution in [3.8, 4) is 0 Å². The summed E-state index contributed by atoms with van der Waals surface area (Å²) in [5, 5.41) is 4.98. The minimum absolute atomic E-state index is 0.322. The van der Waals surface area contributed by atoms with E-state index in [2.05, 4.69) is 11.9 Å². The van der Waals surface area contributed by atoms with Gasteiger partial charge in [0.15, 0.2) is 0 Å². The summed E-state index contributed by atoms with van der Waals surface area (Å²) in [6.07, 6.45) is 1.62. The van der Waals surface area contributed by atoms with Gasteiger partial charge in [0.1, 0.15) is 12.1 Å². The molecule has 0 saturated carbocycles. The van der Waals surface area contributed by atoms with Gasteiger partial charge in [0.25, 0.3) is 5.91 Å². The molecule has 4 amide bonds. The lowest BCUT2D eigenvalue weighted by Gasteiger charge is -2.25. The van der Waals surface area contributed by atoms with E-state index in [9.17, 15) is 14.4 Å². The molecule has 1 aliphatic rings. The highest BCUT2D eigenvalue weighted by molar-refractivity contribution is 7.09. The molecule has 0 spiro atoms. The summed E-state index contributed by atoms with van der Waals surface area (Å²) in [6.45, 7) is 5.65. The molecule has 2 aromatic rings. The van der Waals surface area contributed by atoms with Crippen molar-refractivity contribution in [3.05, 3.63) is 69.9 Å². The van der Waals surface area contributed by atoms with E-state index < -0.39 is 17.5 Å². The Balaban J connectivity index is 1.78. The summed E-state index contributed by atoms with van der Waals surface area (Å²) in [7, 11) is 0. The van der Waals surface area contributed by atoms with Crippen LogP contribution >= 0.6 is 22.9 Å². The van der Waals surface area contributed by atoms with Gasteiger partial charge in [0.05, 0.1) is 6.54 Å². The molecule has 6 nitrogen and oxygen atoms in total. The lowest BCUT2D eigenvalue weighted by atomic mass is 9.92. The van der Waals surface area contributed by atoms with Gasteiger partial charge in [0.2, 0.25) is 5.91 Å². The zero-order valence-corrected chi connectivity index (χ0v) is 16.9. The van der Waals surface area contributed by atoms with Gasteiger partial charge in [0, 0.05) is 22.0 Å². The highest BCUT2D eigenvalue weighted by atomic mass is 35.5. The topological polar surface area (TPSA) is 69.7 Å². The van der Waals surface area contributed by atoms with Crippen molar-refractivity contribution in [2.75, 3.05) is 13.1 Å². The van der Waals surface area contributed by atoms with Crippen LogP contribution in [0.25, 0.3) is 0 Å². The van der Waals surface area contributed by atoms with E-state index in [1.807, 2.05) is 17.5 Å². The number of hydrogen-bond donors (Lipinski definition) is 1. The monoisotopic (exact) mass is 417 g/mol. The quantitative estimate of drug-likeness (QED) is 0.554. The third kappa shape index (κ3) is 3.81. The summed E-state index contributed by atoms with van der Waals surface area (Å²) >= 11 is 7.76. The highest BCUT2D eigenvalue weighted by Gasteiger charge is 2.50. The fourth-order valence-electron chi connectivity index (χ4n) is 3.13. The van der Waals surface area contributed by atoms with Crippen LogP contribution < -0.4 is 5.32 Å². The number of halogens is 1. The molecule has 2 heterocycles. The first-order valence-corrected chi connectivity index (χ1v) is 9.92. The maximum Gasteiger partial charge on any atom is 0.325 e. The van der Waals surface area contributed by atoms with E-state index >= 15 is 0 Å². The van der Waals surface area contributed by atoms with Gasteiger partial charge >= 0.3 is 6.03 Å². The third-order valence-corrected chi connectivity index (χ3v) is 5.80. The number of carbonyl (C=O) groups is 3. The maximum absolute atomic E-state index is 13.0. The third-order valence-electron chi connectivity index (χ3n) is 4.61. The summed E-state index contributed by atoms with van der Waals surface area (Å²) in [5.74, 6) is -0.839. The molecule has 0 unspecified atom stereocenters. The van der Waals surface area contributed by atoms with Gasteiger partial charge in [-0.15, -0.1) is 17.9 Å². The molecule has 1 atom stereocenters. The Bertz CT molecular complexity index is 915. The van der Waals surface area contributed by atoms with Gasteiger partial charge in [-0.25, -0.2) is 4.79 Å². The van der Waals surface area contributed by atoms with Crippen LogP contribution in [0.3, 0.4) is 0 Å². The van der Waals surface area contributed by atoms with Gasteiger partial charge < -0.3 is 10.2 Å². The Morgan fingerprint density at radius 3 is 2.71 bits per heavy atom. The molecule has 28 heavy (non-hydrogen) atoms. The van der Waals surface area contributed by atoms with E-state index in [0.29, 0.717) is 23.7 Å². The van der Waals surface area contributed by atoms with Crippen molar-refractivity contribution < 1.29 is 14.4 Å². The Kier molecular flexibility index (Phi) is 5.86. The Labute approximate surface area is 172 Å². The lowest BCUT2D eigenvalue weighted by molar-refractivity contribution is -0.138. The number of benzene rings is 1. The van der Waals surface area contributed by atoms with Crippen LogP contribution in [0.1, 0.15) is 17.4 Å². The molecule has 1 aliphatic heterocycles. The first-order chi connectivity index (χ1) is 13.4. The average Bonchev–Trinajstić information content (AvgIpc) is 3.24. The number of urea groups is 1. The maximum atomic E-state index is 13.0. The number of hydrogen-bond acceptors (Lipinski definition) is 4. The fraction of sp³-hybridized carbons (Fsp3) is 0.250. The minimum Gasteiger partial charge on any atom is -0.332 e. The fourth-order valence-corrected chi connectivity index (χ4v) is 4.17. The van der Waals surface area contributed by atoms with Crippen molar-refractivity contribution in [1.29, 1.82) is 0 Å².